The number of nitrogen functional groups attached to an aromatic ring is 1. The van der Waals surface area contributed by atoms with Crippen molar-refractivity contribution >= 4 is 17.3 Å². The molecule has 4 nitrogen and oxygen atoms in total. The van der Waals surface area contributed by atoms with Crippen LogP contribution in [-0.4, -0.2) is 12.5 Å². The van der Waals surface area contributed by atoms with E-state index in [4.69, 9.17) is 10.5 Å². The lowest BCUT2D eigenvalue weighted by Crippen LogP contribution is -2.21. The maximum atomic E-state index is 11.9. The van der Waals surface area contributed by atoms with Crippen molar-refractivity contribution in [3.05, 3.63) is 53.6 Å². The van der Waals surface area contributed by atoms with Gasteiger partial charge in [0.05, 0.1) is 0 Å². The maximum Gasteiger partial charge on any atom is 0.262 e. The summed E-state index contributed by atoms with van der Waals surface area (Å²) >= 11 is 0. The Morgan fingerprint density at radius 1 is 1.10 bits per heavy atom. The zero-order valence-corrected chi connectivity index (χ0v) is 11.6. The van der Waals surface area contributed by atoms with E-state index in [2.05, 4.69) is 5.32 Å². The lowest BCUT2D eigenvalue weighted by atomic mass is 10.1. The Labute approximate surface area is 118 Å². The summed E-state index contributed by atoms with van der Waals surface area (Å²) in [4.78, 5) is 11.9. The first-order valence-electron chi connectivity index (χ1n) is 6.40. The van der Waals surface area contributed by atoms with Gasteiger partial charge in [-0.2, -0.15) is 0 Å². The van der Waals surface area contributed by atoms with Crippen molar-refractivity contribution < 1.29 is 9.53 Å². The van der Waals surface area contributed by atoms with Crippen molar-refractivity contribution in [1.29, 1.82) is 0 Å². The average molecular weight is 270 g/mol. The highest BCUT2D eigenvalue weighted by atomic mass is 16.5. The third-order valence-corrected chi connectivity index (χ3v) is 3.00. The van der Waals surface area contributed by atoms with E-state index in [1.165, 1.54) is 0 Å². The molecule has 0 atom stereocenters. The Kier molecular flexibility index (Phi) is 4.25. The molecule has 20 heavy (non-hydrogen) atoms. The van der Waals surface area contributed by atoms with Crippen LogP contribution in [0.15, 0.2) is 42.5 Å². The molecule has 0 aromatic heterocycles. The number of nitrogens with one attached hydrogen (secondary N) is 1. The highest BCUT2D eigenvalue weighted by Crippen LogP contribution is 2.19. The summed E-state index contributed by atoms with van der Waals surface area (Å²) in [7, 11) is 0. The summed E-state index contributed by atoms with van der Waals surface area (Å²) in [6.07, 6.45) is 0. The van der Waals surface area contributed by atoms with E-state index in [0.29, 0.717) is 11.4 Å². The molecule has 4 heteroatoms. The minimum atomic E-state index is -0.181. The zero-order valence-electron chi connectivity index (χ0n) is 11.6. The van der Waals surface area contributed by atoms with Crippen molar-refractivity contribution in [1.82, 2.24) is 0 Å². The molecule has 2 aromatic carbocycles. The van der Waals surface area contributed by atoms with E-state index in [9.17, 15) is 4.79 Å². The minimum Gasteiger partial charge on any atom is -0.484 e. The monoisotopic (exact) mass is 270 g/mol. The molecule has 0 aliphatic rings. The first-order chi connectivity index (χ1) is 9.56. The maximum absolute atomic E-state index is 11.9. The molecule has 0 heterocycles. The van der Waals surface area contributed by atoms with Crippen molar-refractivity contribution in [3.8, 4) is 5.75 Å². The fourth-order valence-corrected chi connectivity index (χ4v) is 1.90. The molecule has 0 spiro atoms. The van der Waals surface area contributed by atoms with Crippen molar-refractivity contribution in [2.24, 2.45) is 0 Å². The molecule has 2 rings (SSSR count). The molecular weight excluding hydrogens is 252 g/mol. The van der Waals surface area contributed by atoms with E-state index in [1.807, 2.05) is 32.0 Å². The summed E-state index contributed by atoms with van der Waals surface area (Å²) < 4.78 is 5.41. The van der Waals surface area contributed by atoms with Crippen LogP contribution in [-0.2, 0) is 4.79 Å². The number of hydrogen-bond donors (Lipinski definition) is 2. The Morgan fingerprint density at radius 3 is 2.30 bits per heavy atom. The standard InChI is InChI=1S/C16H18N2O2/c1-11-4-3-5-12(2)16(11)18-15(19)10-20-14-8-6-13(17)7-9-14/h3-9H,10,17H2,1-2H3,(H,18,19). The third-order valence-electron chi connectivity index (χ3n) is 3.00. The number of nitrogens with two attached hydrogens (primary N) is 1. The average Bonchev–Trinajstić information content (AvgIpc) is 2.42. The van der Waals surface area contributed by atoms with Gasteiger partial charge in [0.1, 0.15) is 5.75 Å². The van der Waals surface area contributed by atoms with E-state index in [1.54, 1.807) is 24.3 Å². The SMILES string of the molecule is Cc1cccc(C)c1NC(=O)COc1ccc(N)cc1. The van der Waals surface area contributed by atoms with Gasteiger partial charge in [-0.1, -0.05) is 18.2 Å². The first kappa shape index (κ1) is 13.9. The lowest BCUT2D eigenvalue weighted by molar-refractivity contribution is -0.118. The molecule has 2 aromatic rings. The Bertz CT molecular complexity index is 586. The molecule has 0 aliphatic carbocycles. The van der Waals surface area contributed by atoms with E-state index < -0.39 is 0 Å². The molecular formula is C16H18N2O2. The zero-order chi connectivity index (χ0) is 14.5. The van der Waals surface area contributed by atoms with Crippen LogP contribution in [0.25, 0.3) is 0 Å². The van der Waals surface area contributed by atoms with Crippen molar-refractivity contribution in [2.45, 2.75) is 13.8 Å². The number of carbonyl (C=O) groups excluding carboxylic acids is 1. The van der Waals surface area contributed by atoms with Gasteiger partial charge >= 0.3 is 0 Å². The third kappa shape index (κ3) is 3.51. The fourth-order valence-electron chi connectivity index (χ4n) is 1.90. The second-order valence-corrected chi connectivity index (χ2v) is 4.67. The molecule has 0 fully saturated rings. The minimum absolute atomic E-state index is 0.0301. The van der Waals surface area contributed by atoms with Gasteiger partial charge in [0, 0.05) is 11.4 Å². The van der Waals surface area contributed by atoms with E-state index >= 15 is 0 Å². The molecule has 0 bridgehead atoms. The molecule has 0 unspecified atom stereocenters. The van der Waals surface area contributed by atoms with Gasteiger partial charge in [0.2, 0.25) is 0 Å². The second-order valence-electron chi connectivity index (χ2n) is 4.67. The Morgan fingerprint density at radius 2 is 1.70 bits per heavy atom. The van der Waals surface area contributed by atoms with Crippen LogP contribution in [0.3, 0.4) is 0 Å². The summed E-state index contributed by atoms with van der Waals surface area (Å²) in [5, 5.41) is 2.87. The molecule has 3 N–H and O–H groups in total. The van der Waals surface area contributed by atoms with Crippen LogP contribution >= 0.6 is 0 Å². The van der Waals surface area contributed by atoms with Gasteiger partial charge in [-0.3, -0.25) is 4.79 Å². The number of amides is 1. The Hall–Kier alpha value is -2.49. The first-order valence-corrected chi connectivity index (χ1v) is 6.40. The van der Waals surface area contributed by atoms with Crippen LogP contribution in [0.1, 0.15) is 11.1 Å². The van der Waals surface area contributed by atoms with Gasteiger partial charge in [0.25, 0.3) is 5.91 Å². The van der Waals surface area contributed by atoms with Gasteiger partial charge in [0.15, 0.2) is 6.61 Å². The molecule has 0 saturated heterocycles. The van der Waals surface area contributed by atoms with Crippen molar-refractivity contribution in [3.63, 3.8) is 0 Å². The van der Waals surface area contributed by atoms with Crippen LogP contribution in [0.2, 0.25) is 0 Å². The van der Waals surface area contributed by atoms with Gasteiger partial charge in [-0.15, -0.1) is 0 Å². The molecule has 104 valence electrons. The van der Waals surface area contributed by atoms with E-state index in [-0.39, 0.29) is 12.5 Å². The molecule has 0 saturated carbocycles. The van der Waals surface area contributed by atoms with Crippen LogP contribution in [0.4, 0.5) is 11.4 Å². The topological polar surface area (TPSA) is 64.3 Å². The summed E-state index contributed by atoms with van der Waals surface area (Å²) in [6.45, 7) is 3.89. The number of ether oxygens (including phenoxy) is 1. The van der Waals surface area contributed by atoms with Crippen LogP contribution in [0.5, 0.6) is 5.75 Å². The molecule has 0 radical (unpaired) electrons. The van der Waals surface area contributed by atoms with Crippen molar-refractivity contribution in [2.75, 3.05) is 17.7 Å². The summed E-state index contributed by atoms with van der Waals surface area (Å²) in [6, 6.07) is 12.8. The van der Waals surface area contributed by atoms with E-state index in [0.717, 1.165) is 16.8 Å². The number of aryl methyl sites for hydroxylation is 2. The number of anilines is 2. The van der Waals surface area contributed by atoms with Crippen LogP contribution in [0, 0.1) is 13.8 Å². The fraction of sp³-hybridized carbons (Fsp3) is 0.188. The summed E-state index contributed by atoms with van der Waals surface area (Å²) in [5.41, 5.74) is 9.16. The predicted molar refractivity (Wildman–Crippen MR) is 80.9 cm³/mol. The largest absolute Gasteiger partial charge is 0.484 e. The number of rotatable bonds is 4. The number of benzene rings is 2. The lowest BCUT2D eigenvalue weighted by Gasteiger charge is -2.12. The van der Waals surface area contributed by atoms with Crippen LogP contribution < -0.4 is 15.8 Å². The molecule has 0 aliphatic heterocycles. The Balaban J connectivity index is 1.94. The van der Waals surface area contributed by atoms with Gasteiger partial charge < -0.3 is 15.8 Å². The number of hydrogen-bond acceptors (Lipinski definition) is 3. The highest BCUT2D eigenvalue weighted by Gasteiger charge is 2.07. The molecule has 1 amide bonds. The summed E-state index contributed by atoms with van der Waals surface area (Å²) in [5.74, 6) is 0.440. The van der Waals surface area contributed by atoms with Gasteiger partial charge in [-0.05, 0) is 49.2 Å². The van der Waals surface area contributed by atoms with Gasteiger partial charge in [-0.25, -0.2) is 0 Å². The number of carbonyl (C=O) groups is 1. The smallest absolute Gasteiger partial charge is 0.262 e. The normalized spacial score (nSPS) is 10.1. The highest BCUT2D eigenvalue weighted by molar-refractivity contribution is 5.93. The second kappa shape index (κ2) is 6.10. The predicted octanol–water partition coefficient (Wildman–Crippen LogP) is 2.90. The number of para-hydroxylation sites is 1. The quantitative estimate of drug-likeness (QED) is 0.840.